The quantitative estimate of drug-likeness (QED) is 0.569. The van der Waals surface area contributed by atoms with Crippen molar-refractivity contribution in [2.24, 2.45) is 39.5 Å². The standard InChI is InChI=1S/C24H38N4O2/c1-23-9-7-19-17(18(23)4-5-20(23)26-25)3-6-21-24(19,2)10-8-22(29)28(21)12-11-27-13-15-30-16-14-27/h6,17-19H,3-5,7-16,25H2,1-2H3/t17-,18-,19-,23-,24+/m0/s1. The van der Waals surface area contributed by atoms with Crippen LogP contribution in [-0.2, 0) is 9.53 Å². The molecule has 1 amide bonds. The van der Waals surface area contributed by atoms with Gasteiger partial charge in [-0.05, 0) is 56.3 Å². The van der Waals surface area contributed by atoms with E-state index < -0.39 is 0 Å². The van der Waals surface area contributed by atoms with Gasteiger partial charge in [0.05, 0.1) is 13.2 Å². The molecule has 0 radical (unpaired) electrons. The summed E-state index contributed by atoms with van der Waals surface area (Å²) in [6.07, 6.45) is 9.97. The van der Waals surface area contributed by atoms with Crippen LogP contribution in [-0.4, -0.2) is 60.8 Å². The highest BCUT2D eigenvalue weighted by molar-refractivity contribution is 5.92. The summed E-state index contributed by atoms with van der Waals surface area (Å²) in [5.41, 5.74) is 2.91. The molecule has 6 heteroatoms. The molecule has 0 bridgehead atoms. The summed E-state index contributed by atoms with van der Waals surface area (Å²) in [6, 6.07) is 0. The molecule has 2 saturated carbocycles. The van der Waals surface area contributed by atoms with Crippen LogP contribution >= 0.6 is 0 Å². The van der Waals surface area contributed by atoms with Crippen molar-refractivity contribution in [1.82, 2.24) is 9.80 Å². The number of morpholine rings is 1. The maximum atomic E-state index is 13.0. The van der Waals surface area contributed by atoms with Crippen LogP contribution in [0.4, 0.5) is 0 Å². The predicted molar refractivity (Wildman–Crippen MR) is 118 cm³/mol. The van der Waals surface area contributed by atoms with Crippen LogP contribution in [0.15, 0.2) is 16.9 Å². The number of rotatable bonds is 3. The molecule has 5 rings (SSSR count). The van der Waals surface area contributed by atoms with Crippen LogP contribution in [0.1, 0.15) is 58.8 Å². The van der Waals surface area contributed by atoms with E-state index in [1.165, 1.54) is 30.7 Å². The zero-order valence-corrected chi connectivity index (χ0v) is 18.7. The van der Waals surface area contributed by atoms with Crippen molar-refractivity contribution in [2.45, 2.75) is 58.8 Å². The SMILES string of the molecule is C[C@]12CCC(=O)N(CCN3CCOCC3)C1=CC[C@@H]1[C@@H]2CC[C@]2(C)C(=NN)CC[C@@H]12. The third-order valence-corrected chi connectivity index (χ3v) is 9.51. The minimum Gasteiger partial charge on any atom is -0.379 e. The third-order valence-electron chi connectivity index (χ3n) is 9.51. The number of likely N-dealkylation sites (tertiary alicyclic amines) is 1. The molecule has 3 aliphatic carbocycles. The number of amides is 1. The van der Waals surface area contributed by atoms with Gasteiger partial charge in [0, 0.05) is 54.8 Å². The number of allylic oxidation sites excluding steroid dienone is 2. The number of nitrogens with two attached hydrogens (primary N) is 1. The Hall–Kier alpha value is -1.40. The Morgan fingerprint density at radius 3 is 2.63 bits per heavy atom. The van der Waals surface area contributed by atoms with Gasteiger partial charge in [-0.3, -0.25) is 9.69 Å². The number of ether oxygens (including phenoxy) is 1. The smallest absolute Gasteiger partial charge is 0.226 e. The molecule has 0 spiro atoms. The fourth-order valence-electron chi connectivity index (χ4n) is 7.76. The number of carbonyl (C=O) groups is 1. The fraction of sp³-hybridized carbons (Fsp3) is 0.833. The monoisotopic (exact) mass is 414 g/mol. The van der Waals surface area contributed by atoms with Gasteiger partial charge >= 0.3 is 0 Å². The first-order chi connectivity index (χ1) is 14.5. The van der Waals surface area contributed by atoms with Crippen LogP contribution in [0.3, 0.4) is 0 Å². The molecular weight excluding hydrogens is 376 g/mol. The first kappa shape index (κ1) is 20.5. The van der Waals surface area contributed by atoms with Crippen molar-refractivity contribution in [2.75, 3.05) is 39.4 Å². The van der Waals surface area contributed by atoms with Crippen molar-refractivity contribution in [3.8, 4) is 0 Å². The highest BCUT2D eigenvalue weighted by atomic mass is 16.5. The number of piperidine rings is 1. The Balaban J connectivity index is 1.38. The van der Waals surface area contributed by atoms with Crippen LogP contribution in [0.5, 0.6) is 0 Å². The third kappa shape index (κ3) is 3.05. The highest BCUT2D eigenvalue weighted by Gasteiger charge is 2.58. The van der Waals surface area contributed by atoms with E-state index in [2.05, 4.69) is 34.8 Å². The summed E-state index contributed by atoms with van der Waals surface area (Å²) in [5, 5.41) is 4.21. The maximum Gasteiger partial charge on any atom is 0.226 e. The van der Waals surface area contributed by atoms with E-state index in [1.54, 1.807) is 0 Å². The molecule has 166 valence electrons. The molecule has 5 aliphatic rings. The van der Waals surface area contributed by atoms with Gasteiger partial charge in [0.1, 0.15) is 0 Å². The first-order valence-corrected chi connectivity index (χ1v) is 12.1. The van der Waals surface area contributed by atoms with E-state index >= 15 is 0 Å². The average molecular weight is 415 g/mol. The molecule has 0 unspecified atom stereocenters. The van der Waals surface area contributed by atoms with Crippen molar-refractivity contribution in [3.05, 3.63) is 11.8 Å². The molecule has 2 heterocycles. The lowest BCUT2D eigenvalue weighted by Crippen LogP contribution is -2.55. The number of hydrogen-bond donors (Lipinski definition) is 1. The number of hydrogen-bond acceptors (Lipinski definition) is 5. The fourth-order valence-corrected chi connectivity index (χ4v) is 7.76. The van der Waals surface area contributed by atoms with Gasteiger partial charge in [0.25, 0.3) is 0 Å². The Kier molecular flexibility index (Phi) is 5.21. The molecule has 6 nitrogen and oxygen atoms in total. The summed E-state index contributed by atoms with van der Waals surface area (Å²) in [7, 11) is 0. The molecule has 0 aromatic carbocycles. The van der Waals surface area contributed by atoms with Crippen LogP contribution in [0.25, 0.3) is 0 Å². The van der Waals surface area contributed by atoms with Gasteiger partial charge in [-0.2, -0.15) is 5.10 Å². The lowest BCUT2D eigenvalue weighted by atomic mass is 9.49. The molecular formula is C24H38N4O2. The first-order valence-electron chi connectivity index (χ1n) is 12.1. The van der Waals surface area contributed by atoms with Gasteiger partial charge in [0.2, 0.25) is 5.91 Å². The number of hydrazone groups is 1. The van der Waals surface area contributed by atoms with E-state index in [0.29, 0.717) is 30.1 Å². The molecule has 0 aromatic heterocycles. The van der Waals surface area contributed by atoms with Crippen molar-refractivity contribution < 1.29 is 9.53 Å². The van der Waals surface area contributed by atoms with E-state index in [0.717, 1.165) is 58.7 Å². The summed E-state index contributed by atoms with van der Waals surface area (Å²) in [6.45, 7) is 10.2. The van der Waals surface area contributed by atoms with Gasteiger partial charge in [-0.15, -0.1) is 0 Å². The van der Waals surface area contributed by atoms with Crippen LogP contribution in [0.2, 0.25) is 0 Å². The normalized spacial score (nSPS) is 43.2. The molecule has 5 atom stereocenters. The molecule has 2 saturated heterocycles. The largest absolute Gasteiger partial charge is 0.379 e. The molecule has 4 fully saturated rings. The minimum absolute atomic E-state index is 0.131. The summed E-state index contributed by atoms with van der Waals surface area (Å²) in [5.74, 6) is 8.16. The zero-order chi connectivity index (χ0) is 20.9. The number of nitrogens with zero attached hydrogens (tertiary/aromatic N) is 3. The lowest BCUT2D eigenvalue weighted by molar-refractivity contribution is -0.137. The van der Waals surface area contributed by atoms with Gasteiger partial charge in [-0.1, -0.05) is 19.9 Å². The van der Waals surface area contributed by atoms with E-state index in [1.807, 2.05) is 0 Å². The summed E-state index contributed by atoms with van der Waals surface area (Å²) < 4.78 is 5.48. The minimum atomic E-state index is 0.131. The van der Waals surface area contributed by atoms with Crippen molar-refractivity contribution in [1.29, 1.82) is 0 Å². The van der Waals surface area contributed by atoms with E-state index in [-0.39, 0.29) is 10.8 Å². The summed E-state index contributed by atoms with van der Waals surface area (Å²) in [4.78, 5) is 17.5. The second kappa shape index (κ2) is 7.63. The molecule has 2 aliphatic heterocycles. The molecule has 2 N–H and O–H groups in total. The van der Waals surface area contributed by atoms with Gasteiger partial charge in [-0.25, -0.2) is 0 Å². The van der Waals surface area contributed by atoms with Crippen LogP contribution < -0.4 is 5.84 Å². The Morgan fingerprint density at radius 2 is 1.87 bits per heavy atom. The maximum absolute atomic E-state index is 13.0. The second-order valence-electron chi connectivity index (χ2n) is 10.7. The number of fused-ring (bicyclic) bond motifs is 5. The molecule has 0 aromatic rings. The van der Waals surface area contributed by atoms with Gasteiger partial charge < -0.3 is 15.5 Å². The molecule has 30 heavy (non-hydrogen) atoms. The summed E-state index contributed by atoms with van der Waals surface area (Å²) >= 11 is 0. The van der Waals surface area contributed by atoms with E-state index in [9.17, 15) is 4.79 Å². The Labute approximate surface area is 180 Å². The topological polar surface area (TPSA) is 71.2 Å². The van der Waals surface area contributed by atoms with Crippen molar-refractivity contribution >= 4 is 11.6 Å². The highest BCUT2D eigenvalue weighted by Crippen LogP contribution is 2.63. The lowest BCUT2D eigenvalue weighted by Gasteiger charge is -2.58. The predicted octanol–water partition coefficient (Wildman–Crippen LogP) is 2.99. The van der Waals surface area contributed by atoms with Gasteiger partial charge in [0.15, 0.2) is 0 Å². The van der Waals surface area contributed by atoms with Crippen LogP contribution in [0, 0.1) is 28.6 Å². The zero-order valence-electron chi connectivity index (χ0n) is 18.7. The van der Waals surface area contributed by atoms with Crippen molar-refractivity contribution in [3.63, 3.8) is 0 Å². The number of carbonyl (C=O) groups excluding carboxylic acids is 1. The Bertz CT molecular complexity index is 758. The van der Waals surface area contributed by atoms with E-state index in [4.69, 9.17) is 10.6 Å². The Morgan fingerprint density at radius 1 is 1.10 bits per heavy atom. The average Bonchev–Trinajstić information content (AvgIpc) is 3.10. The second-order valence-corrected chi connectivity index (χ2v) is 10.7.